The maximum absolute atomic E-state index is 11.3. The maximum atomic E-state index is 11.3. The van der Waals surface area contributed by atoms with Crippen LogP contribution in [0.5, 0.6) is 0 Å². The van der Waals surface area contributed by atoms with Gasteiger partial charge in [-0.3, -0.25) is 10.2 Å². The Kier molecular flexibility index (Phi) is 3.30. The number of hydrazine groups is 1. The number of hydrogen-bond donors (Lipinski definition) is 4. The molecule has 0 spiro atoms. The van der Waals surface area contributed by atoms with Crippen molar-refractivity contribution in [1.29, 1.82) is 0 Å². The maximum Gasteiger partial charge on any atom is 0.303 e. The lowest BCUT2D eigenvalue weighted by molar-refractivity contribution is 0.0943. The van der Waals surface area contributed by atoms with E-state index in [2.05, 4.69) is 20.3 Å². The van der Waals surface area contributed by atoms with E-state index in [0.29, 0.717) is 0 Å². The van der Waals surface area contributed by atoms with Crippen LogP contribution < -0.4 is 22.3 Å². The van der Waals surface area contributed by atoms with Crippen LogP contribution in [0.1, 0.15) is 10.6 Å². The van der Waals surface area contributed by atoms with Gasteiger partial charge in [0.05, 0.1) is 0 Å². The molecule has 8 heteroatoms. The molecule has 1 aromatic carbocycles. The summed E-state index contributed by atoms with van der Waals surface area (Å²) in [6, 6.07) is 9.21. The molecule has 1 aromatic heterocycles. The Bertz CT molecular complexity index is 557. The number of anilines is 3. The number of amides is 1. The Morgan fingerprint density at radius 3 is 2.50 bits per heavy atom. The van der Waals surface area contributed by atoms with Crippen molar-refractivity contribution in [3.63, 3.8) is 0 Å². The molecule has 0 bridgehead atoms. The zero-order valence-corrected chi connectivity index (χ0v) is 9.29. The van der Waals surface area contributed by atoms with Gasteiger partial charge in [-0.05, 0) is 12.1 Å². The van der Waals surface area contributed by atoms with Crippen molar-refractivity contribution < 1.29 is 4.79 Å². The number of benzene rings is 1. The highest BCUT2D eigenvalue weighted by atomic mass is 16.2. The summed E-state index contributed by atoms with van der Waals surface area (Å²) >= 11 is 0. The van der Waals surface area contributed by atoms with Crippen LogP contribution in [0.4, 0.5) is 17.6 Å². The SMILES string of the molecule is NNC(=O)c1nc(N)nc(Nc2ccccc2)n1. The first kappa shape index (κ1) is 11.7. The summed E-state index contributed by atoms with van der Waals surface area (Å²) in [5.41, 5.74) is 8.17. The molecule has 8 nitrogen and oxygen atoms in total. The third kappa shape index (κ3) is 2.68. The third-order valence-electron chi connectivity index (χ3n) is 2.02. The molecule has 18 heavy (non-hydrogen) atoms. The van der Waals surface area contributed by atoms with Gasteiger partial charge in [-0.1, -0.05) is 18.2 Å². The second-order valence-electron chi connectivity index (χ2n) is 3.31. The molecule has 0 atom stereocenters. The number of nitrogens with zero attached hydrogens (tertiary/aromatic N) is 3. The van der Waals surface area contributed by atoms with Gasteiger partial charge in [0, 0.05) is 5.69 Å². The van der Waals surface area contributed by atoms with Crippen LogP contribution in [0.25, 0.3) is 0 Å². The van der Waals surface area contributed by atoms with Crippen molar-refractivity contribution >= 4 is 23.5 Å². The van der Waals surface area contributed by atoms with E-state index in [1.807, 2.05) is 35.8 Å². The second-order valence-corrected chi connectivity index (χ2v) is 3.31. The number of carbonyl (C=O) groups is 1. The van der Waals surface area contributed by atoms with Gasteiger partial charge in [0.2, 0.25) is 17.7 Å². The summed E-state index contributed by atoms with van der Waals surface area (Å²) in [6.07, 6.45) is 0. The largest absolute Gasteiger partial charge is 0.368 e. The minimum atomic E-state index is -0.639. The molecular formula is C10H11N7O. The Morgan fingerprint density at radius 2 is 1.83 bits per heavy atom. The first-order valence-electron chi connectivity index (χ1n) is 5.03. The lowest BCUT2D eigenvalue weighted by atomic mass is 10.3. The van der Waals surface area contributed by atoms with Gasteiger partial charge in [0.15, 0.2) is 0 Å². The summed E-state index contributed by atoms with van der Waals surface area (Å²) in [5.74, 6) is 4.31. The second kappa shape index (κ2) is 5.06. The van der Waals surface area contributed by atoms with Crippen LogP contribution in [0.3, 0.4) is 0 Å². The number of nitrogens with two attached hydrogens (primary N) is 2. The highest BCUT2D eigenvalue weighted by Gasteiger charge is 2.11. The Labute approximate surface area is 102 Å². The summed E-state index contributed by atoms with van der Waals surface area (Å²) in [7, 11) is 0. The molecule has 1 heterocycles. The van der Waals surface area contributed by atoms with Gasteiger partial charge >= 0.3 is 5.91 Å². The highest BCUT2D eigenvalue weighted by Crippen LogP contribution is 2.12. The predicted octanol–water partition coefficient (Wildman–Crippen LogP) is -0.199. The van der Waals surface area contributed by atoms with E-state index in [-0.39, 0.29) is 17.7 Å². The zero-order valence-electron chi connectivity index (χ0n) is 9.29. The van der Waals surface area contributed by atoms with E-state index in [9.17, 15) is 4.79 Å². The normalized spacial score (nSPS) is 9.83. The van der Waals surface area contributed by atoms with Gasteiger partial charge < -0.3 is 11.1 Å². The predicted molar refractivity (Wildman–Crippen MR) is 65.6 cm³/mol. The minimum absolute atomic E-state index is 0.0676. The van der Waals surface area contributed by atoms with E-state index in [1.165, 1.54) is 0 Å². The molecule has 6 N–H and O–H groups in total. The number of hydrogen-bond acceptors (Lipinski definition) is 7. The minimum Gasteiger partial charge on any atom is -0.368 e. The lowest BCUT2D eigenvalue weighted by Gasteiger charge is -2.06. The average molecular weight is 245 g/mol. The fraction of sp³-hybridized carbons (Fsp3) is 0. The average Bonchev–Trinajstić information content (AvgIpc) is 2.38. The van der Waals surface area contributed by atoms with Crippen molar-refractivity contribution in [3.8, 4) is 0 Å². The van der Waals surface area contributed by atoms with Crippen LogP contribution in [-0.4, -0.2) is 20.9 Å². The molecule has 0 aliphatic rings. The van der Waals surface area contributed by atoms with Gasteiger partial charge in [-0.25, -0.2) is 5.84 Å². The summed E-state index contributed by atoms with van der Waals surface area (Å²) in [4.78, 5) is 22.7. The molecule has 0 unspecified atom stereocenters. The first-order valence-corrected chi connectivity index (χ1v) is 5.03. The number of aromatic nitrogens is 3. The number of rotatable bonds is 3. The summed E-state index contributed by atoms with van der Waals surface area (Å²) < 4.78 is 0. The van der Waals surface area contributed by atoms with Crippen molar-refractivity contribution in [2.24, 2.45) is 5.84 Å². The molecule has 0 saturated heterocycles. The molecule has 0 aliphatic heterocycles. The van der Waals surface area contributed by atoms with Gasteiger partial charge in [0.1, 0.15) is 0 Å². The zero-order chi connectivity index (χ0) is 13.0. The molecule has 0 saturated carbocycles. The molecule has 2 rings (SSSR count). The van der Waals surface area contributed by atoms with E-state index < -0.39 is 5.91 Å². The molecule has 0 fully saturated rings. The standard InChI is InChI=1S/C10H11N7O/c11-9-14-7(8(18)17-12)15-10(16-9)13-6-4-2-1-3-5-6/h1-5H,12H2,(H,17,18)(H3,11,13,14,15,16). The third-order valence-corrected chi connectivity index (χ3v) is 2.02. The Morgan fingerprint density at radius 1 is 1.11 bits per heavy atom. The van der Waals surface area contributed by atoms with Gasteiger partial charge in [-0.2, -0.15) is 15.0 Å². The highest BCUT2D eigenvalue weighted by molar-refractivity contribution is 5.90. The molecule has 0 aliphatic carbocycles. The van der Waals surface area contributed by atoms with Crippen LogP contribution in [0.2, 0.25) is 0 Å². The van der Waals surface area contributed by atoms with Crippen LogP contribution in [0, 0.1) is 0 Å². The number of nitrogens with one attached hydrogen (secondary N) is 2. The smallest absolute Gasteiger partial charge is 0.303 e. The number of carbonyl (C=O) groups excluding carboxylic acids is 1. The number of nitrogen functional groups attached to an aromatic ring is 2. The van der Waals surface area contributed by atoms with Crippen LogP contribution in [-0.2, 0) is 0 Å². The van der Waals surface area contributed by atoms with E-state index >= 15 is 0 Å². The van der Waals surface area contributed by atoms with E-state index in [0.717, 1.165) is 5.69 Å². The van der Waals surface area contributed by atoms with E-state index in [1.54, 1.807) is 0 Å². The topological polar surface area (TPSA) is 132 Å². The monoisotopic (exact) mass is 245 g/mol. The Hall–Kier alpha value is -2.74. The van der Waals surface area contributed by atoms with Crippen molar-refractivity contribution in [3.05, 3.63) is 36.2 Å². The Balaban J connectivity index is 2.28. The van der Waals surface area contributed by atoms with Crippen molar-refractivity contribution in [1.82, 2.24) is 20.4 Å². The van der Waals surface area contributed by atoms with Crippen LogP contribution >= 0.6 is 0 Å². The molecule has 92 valence electrons. The van der Waals surface area contributed by atoms with Crippen molar-refractivity contribution in [2.75, 3.05) is 11.1 Å². The summed E-state index contributed by atoms with van der Waals surface area (Å²) in [6.45, 7) is 0. The number of para-hydroxylation sites is 1. The molecular weight excluding hydrogens is 234 g/mol. The fourth-order valence-corrected chi connectivity index (χ4v) is 1.26. The molecule has 2 aromatic rings. The van der Waals surface area contributed by atoms with E-state index in [4.69, 9.17) is 11.6 Å². The fourth-order valence-electron chi connectivity index (χ4n) is 1.26. The van der Waals surface area contributed by atoms with Crippen molar-refractivity contribution in [2.45, 2.75) is 0 Å². The lowest BCUT2D eigenvalue weighted by Crippen LogP contribution is -2.32. The quantitative estimate of drug-likeness (QED) is 0.334. The molecule has 1 amide bonds. The van der Waals surface area contributed by atoms with Gasteiger partial charge in [0.25, 0.3) is 0 Å². The molecule has 0 radical (unpaired) electrons. The summed E-state index contributed by atoms with van der Waals surface area (Å²) in [5, 5.41) is 2.90. The van der Waals surface area contributed by atoms with Crippen LogP contribution in [0.15, 0.2) is 30.3 Å². The first-order chi connectivity index (χ1) is 8.69. The van der Waals surface area contributed by atoms with Gasteiger partial charge in [-0.15, -0.1) is 0 Å².